The fourth-order valence-electron chi connectivity index (χ4n) is 1.68. The maximum atomic E-state index is 12.4. The summed E-state index contributed by atoms with van der Waals surface area (Å²) in [6, 6.07) is 2.64. The Morgan fingerprint density at radius 3 is 2.81 bits per heavy atom. The van der Waals surface area contributed by atoms with Crippen LogP contribution in [0.5, 0.6) is 0 Å². The molecule has 0 saturated heterocycles. The zero-order chi connectivity index (χ0) is 15.5. The highest BCUT2D eigenvalue weighted by Gasteiger charge is 2.33. The average molecular weight is 301 g/mol. The van der Waals surface area contributed by atoms with Gasteiger partial charge in [-0.15, -0.1) is 0 Å². The lowest BCUT2D eigenvalue weighted by Gasteiger charge is -2.04. The van der Waals surface area contributed by atoms with Crippen LogP contribution in [-0.4, -0.2) is 25.9 Å². The molecule has 0 radical (unpaired) electrons. The molecule has 0 atom stereocenters. The van der Waals surface area contributed by atoms with Crippen molar-refractivity contribution in [3.63, 3.8) is 0 Å². The van der Waals surface area contributed by atoms with E-state index < -0.39 is 17.8 Å². The zero-order valence-electron chi connectivity index (χ0n) is 11.2. The van der Waals surface area contributed by atoms with E-state index in [0.717, 1.165) is 34.8 Å². The molecule has 2 aromatic heterocycles. The van der Waals surface area contributed by atoms with Crippen molar-refractivity contribution in [1.82, 2.24) is 25.3 Å². The molecule has 0 unspecified atom stereocenters. The topological polar surface area (TPSA) is 75.6 Å². The standard InChI is InChI=1S/C12H14F3N5O/c1-2-8-5-9(18-17-8)6-16-11(21)7-20-4-3-10(19-20)12(13,14)15/h3-5H,2,6-7H2,1H3,(H,16,21)(H,17,18). The van der Waals surface area contributed by atoms with Gasteiger partial charge in [-0.1, -0.05) is 6.92 Å². The third-order valence-corrected chi connectivity index (χ3v) is 2.76. The minimum atomic E-state index is -4.51. The van der Waals surface area contributed by atoms with E-state index in [4.69, 9.17) is 0 Å². The van der Waals surface area contributed by atoms with Crippen LogP contribution in [-0.2, 0) is 30.5 Å². The molecule has 6 nitrogen and oxygen atoms in total. The van der Waals surface area contributed by atoms with Crippen LogP contribution in [0, 0.1) is 0 Å². The SMILES string of the molecule is CCc1cc(CNC(=O)Cn2ccc(C(F)(F)F)n2)[nH]n1. The van der Waals surface area contributed by atoms with E-state index in [1.54, 1.807) is 0 Å². The van der Waals surface area contributed by atoms with Crippen LogP contribution < -0.4 is 5.32 Å². The second kappa shape index (κ2) is 5.98. The quantitative estimate of drug-likeness (QED) is 0.879. The fourth-order valence-corrected chi connectivity index (χ4v) is 1.68. The molecular weight excluding hydrogens is 287 g/mol. The summed E-state index contributed by atoms with van der Waals surface area (Å²) in [7, 11) is 0. The Bertz CT molecular complexity index is 616. The fraction of sp³-hybridized carbons (Fsp3) is 0.417. The van der Waals surface area contributed by atoms with E-state index in [-0.39, 0.29) is 13.1 Å². The maximum Gasteiger partial charge on any atom is 0.435 e. The molecule has 21 heavy (non-hydrogen) atoms. The number of H-pyrrole nitrogens is 1. The summed E-state index contributed by atoms with van der Waals surface area (Å²) in [6.45, 7) is 1.92. The summed E-state index contributed by atoms with van der Waals surface area (Å²) in [4.78, 5) is 11.6. The zero-order valence-corrected chi connectivity index (χ0v) is 11.2. The smallest absolute Gasteiger partial charge is 0.349 e. The van der Waals surface area contributed by atoms with E-state index in [1.807, 2.05) is 13.0 Å². The van der Waals surface area contributed by atoms with E-state index in [1.165, 1.54) is 0 Å². The van der Waals surface area contributed by atoms with Crippen LogP contribution in [0.2, 0.25) is 0 Å². The van der Waals surface area contributed by atoms with Crippen LogP contribution in [0.15, 0.2) is 18.3 Å². The number of carbonyl (C=O) groups excluding carboxylic acids is 1. The predicted octanol–water partition coefficient (Wildman–Crippen LogP) is 1.50. The third kappa shape index (κ3) is 4.07. The second-order valence-electron chi connectivity index (χ2n) is 4.41. The van der Waals surface area contributed by atoms with Crippen molar-refractivity contribution in [3.05, 3.63) is 35.4 Å². The number of amides is 1. The minimum absolute atomic E-state index is 0.235. The lowest BCUT2D eigenvalue weighted by atomic mass is 10.3. The van der Waals surface area contributed by atoms with Crippen LogP contribution in [0.1, 0.15) is 24.0 Å². The molecule has 2 rings (SSSR count). The van der Waals surface area contributed by atoms with Gasteiger partial charge in [-0.3, -0.25) is 14.6 Å². The number of nitrogens with one attached hydrogen (secondary N) is 2. The van der Waals surface area contributed by atoms with Crippen LogP contribution >= 0.6 is 0 Å². The third-order valence-electron chi connectivity index (χ3n) is 2.76. The van der Waals surface area contributed by atoms with Gasteiger partial charge in [-0.05, 0) is 18.6 Å². The predicted molar refractivity (Wildman–Crippen MR) is 67.0 cm³/mol. The highest BCUT2D eigenvalue weighted by atomic mass is 19.4. The van der Waals surface area contributed by atoms with Crippen LogP contribution in [0.4, 0.5) is 13.2 Å². The van der Waals surface area contributed by atoms with E-state index in [2.05, 4.69) is 20.6 Å². The Kier molecular flexibility index (Phi) is 4.29. The van der Waals surface area contributed by atoms with Gasteiger partial charge in [0.25, 0.3) is 0 Å². The van der Waals surface area contributed by atoms with Crippen molar-refractivity contribution in [3.8, 4) is 0 Å². The van der Waals surface area contributed by atoms with Crippen molar-refractivity contribution in [2.75, 3.05) is 0 Å². The molecule has 0 aliphatic rings. The summed E-state index contributed by atoms with van der Waals surface area (Å²) in [5, 5.41) is 12.7. The minimum Gasteiger partial charge on any atom is -0.349 e. The first-order chi connectivity index (χ1) is 9.88. The lowest BCUT2D eigenvalue weighted by molar-refractivity contribution is -0.141. The summed E-state index contributed by atoms with van der Waals surface area (Å²) in [5.41, 5.74) is 0.592. The number of alkyl halides is 3. The monoisotopic (exact) mass is 301 g/mol. The van der Waals surface area contributed by atoms with Crippen molar-refractivity contribution < 1.29 is 18.0 Å². The van der Waals surface area contributed by atoms with Crippen molar-refractivity contribution >= 4 is 5.91 Å². The van der Waals surface area contributed by atoms with E-state index >= 15 is 0 Å². The normalized spacial score (nSPS) is 11.6. The Hall–Kier alpha value is -2.32. The van der Waals surface area contributed by atoms with Gasteiger partial charge in [0.05, 0.1) is 17.9 Å². The molecule has 0 aliphatic heterocycles. The van der Waals surface area contributed by atoms with Gasteiger partial charge >= 0.3 is 6.18 Å². The summed E-state index contributed by atoms with van der Waals surface area (Å²) in [6.07, 6.45) is -2.61. The van der Waals surface area contributed by atoms with E-state index in [0.29, 0.717) is 0 Å². The van der Waals surface area contributed by atoms with Gasteiger partial charge in [-0.25, -0.2) is 0 Å². The molecular formula is C12H14F3N5O. The number of nitrogens with zero attached hydrogens (tertiary/aromatic N) is 3. The summed E-state index contributed by atoms with van der Waals surface area (Å²) in [5.74, 6) is -0.431. The van der Waals surface area contributed by atoms with Crippen LogP contribution in [0.3, 0.4) is 0 Å². The van der Waals surface area contributed by atoms with Crippen molar-refractivity contribution in [1.29, 1.82) is 0 Å². The highest BCUT2D eigenvalue weighted by Crippen LogP contribution is 2.27. The molecule has 114 valence electrons. The molecule has 0 bridgehead atoms. The number of halogens is 3. The van der Waals surface area contributed by atoms with Gasteiger partial charge < -0.3 is 5.32 Å². The van der Waals surface area contributed by atoms with Gasteiger partial charge in [0, 0.05) is 6.20 Å². The Morgan fingerprint density at radius 2 is 2.24 bits per heavy atom. The van der Waals surface area contributed by atoms with Crippen LogP contribution in [0.25, 0.3) is 0 Å². The molecule has 0 aromatic carbocycles. The van der Waals surface area contributed by atoms with Crippen molar-refractivity contribution in [2.45, 2.75) is 32.6 Å². The van der Waals surface area contributed by atoms with Gasteiger partial charge in [0.1, 0.15) is 6.54 Å². The molecule has 0 fully saturated rings. The van der Waals surface area contributed by atoms with Gasteiger partial charge in [0.15, 0.2) is 5.69 Å². The largest absolute Gasteiger partial charge is 0.435 e. The number of rotatable bonds is 5. The molecule has 0 aliphatic carbocycles. The Labute approximate surface area is 118 Å². The first-order valence-electron chi connectivity index (χ1n) is 6.29. The number of hydrogen-bond donors (Lipinski definition) is 2. The molecule has 2 N–H and O–H groups in total. The molecule has 2 heterocycles. The molecule has 9 heteroatoms. The van der Waals surface area contributed by atoms with Gasteiger partial charge in [0.2, 0.25) is 5.91 Å². The lowest BCUT2D eigenvalue weighted by Crippen LogP contribution is -2.27. The maximum absolute atomic E-state index is 12.4. The van der Waals surface area contributed by atoms with Crippen molar-refractivity contribution in [2.24, 2.45) is 0 Å². The molecule has 0 spiro atoms. The number of carbonyl (C=O) groups is 1. The number of aromatic nitrogens is 4. The number of aromatic amines is 1. The number of hydrogen-bond acceptors (Lipinski definition) is 3. The number of aryl methyl sites for hydroxylation is 1. The Morgan fingerprint density at radius 1 is 1.48 bits per heavy atom. The first kappa shape index (κ1) is 15.1. The van der Waals surface area contributed by atoms with Gasteiger partial charge in [-0.2, -0.15) is 23.4 Å². The molecule has 1 amide bonds. The molecule has 0 saturated carbocycles. The highest BCUT2D eigenvalue weighted by molar-refractivity contribution is 5.75. The first-order valence-corrected chi connectivity index (χ1v) is 6.29. The average Bonchev–Trinajstić information content (AvgIpc) is 3.04. The molecule has 2 aromatic rings. The Balaban J connectivity index is 1.85. The second-order valence-corrected chi connectivity index (χ2v) is 4.41. The van der Waals surface area contributed by atoms with E-state index in [9.17, 15) is 18.0 Å². The summed E-state index contributed by atoms with van der Waals surface area (Å²) >= 11 is 0. The summed E-state index contributed by atoms with van der Waals surface area (Å²) < 4.78 is 38.0.